The van der Waals surface area contributed by atoms with Crippen LogP contribution in [0.3, 0.4) is 0 Å². The number of aliphatic hydroxyl groups is 1. The highest BCUT2D eigenvalue weighted by atomic mass is 16.5. The van der Waals surface area contributed by atoms with Crippen molar-refractivity contribution in [2.45, 2.75) is 38.8 Å². The van der Waals surface area contributed by atoms with Gasteiger partial charge in [-0.25, -0.2) is 4.98 Å². The quantitative estimate of drug-likeness (QED) is 0.618. The molecule has 4 rings (SSSR count). The first-order chi connectivity index (χ1) is 17.9. The number of fused-ring (bicyclic) bond motifs is 1. The standard InChI is InChI=1S/C29H37N3O5/c1-20-17-32(21(2)19-33)29(35)25-15-23(10-9-22-7-5-4-6-8-22)16-30-27(25)37-26(20)18-31(3)28(34)24-11-13-36-14-12-24/h4-10,15-16,20-21,24,26,33H,11-14,17-19H2,1-3H3/b10-9+/t20-,21-,26+/m0/s1. The number of hydrogen-bond acceptors (Lipinski definition) is 6. The molecule has 8 heteroatoms. The molecule has 3 heterocycles. The SMILES string of the molecule is C[C@H]1CN([C@@H](C)CO)C(=O)c2cc(/C=C/c3ccccc3)cnc2O[C@@H]1CN(C)C(=O)C1CCOCC1. The molecule has 1 aromatic heterocycles. The first-order valence-electron chi connectivity index (χ1n) is 13.0. The number of amides is 2. The van der Waals surface area contributed by atoms with E-state index < -0.39 is 0 Å². The fraction of sp³-hybridized carbons (Fsp3) is 0.483. The van der Waals surface area contributed by atoms with Crippen LogP contribution in [0.15, 0.2) is 42.6 Å². The maximum atomic E-state index is 13.6. The molecule has 8 nitrogen and oxygen atoms in total. The number of benzene rings is 1. The minimum atomic E-state index is -0.369. The largest absolute Gasteiger partial charge is 0.472 e. The third-order valence-electron chi connectivity index (χ3n) is 7.21. The lowest BCUT2D eigenvalue weighted by Gasteiger charge is -2.38. The maximum absolute atomic E-state index is 13.6. The molecular formula is C29H37N3O5. The molecule has 37 heavy (non-hydrogen) atoms. The van der Waals surface area contributed by atoms with Crippen molar-refractivity contribution in [2.24, 2.45) is 11.8 Å². The predicted octanol–water partition coefficient (Wildman–Crippen LogP) is 3.36. The maximum Gasteiger partial charge on any atom is 0.259 e. The van der Waals surface area contributed by atoms with Gasteiger partial charge in [-0.1, -0.05) is 49.4 Å². The minimum Gasteiger partial charge on any atom is -0.472 e. The predicted molar refractivity (Wildman–Crippen MR) is 142 cm³/mol. The van der Waals surface area contributed by atoms with E-state index in [1.54, 1.807) is 29.1 Å². The van der Waals surface area contributed by atoms with Crippen LogP contribution < -0.4 is 4.74 Å². The highest BCUT2D eigenvalue weighted by molar-refractivity contribution is 5.97. The van der Waals surface area contributed by atoms with Gasteiger partial charge in [-0.2, -0.15) is 0 Å². The van der Waals surface area contributed by atoms with Gasteiger partial charge in [-0.15, -0.1) is 0 Å². The van der Waals surface area contributed by atoms with E-state index in [1.165, 1.54) is 0 Å². The molecule has 1 fully saturated rings. The Labute approximate surface area is 218 Å². The van der Waals surface area contributed by atoms with Gasteiger partial charge in [0.15, 0.2) is 0 Å². The van der Waals surface area contributed by atoms with Crippen molar-refractivity contribution in [2.75, 3.05) is 40.0 Å². The molecule has 0 spiro atoms. The van der Waals surface area contributed by atoms with Crippen LogP contribution in [-0.4, -0.2) is 83.8 Å². The summed E-state index contributed by atoms with van der Waals surface area (Å²) in [6, 6.07) is 11.3. The van der Waals surface area contributed by atoms with Gasteiger partial charge in [0.1, 0.15) is 11.7 Å². The van der Waals surface area contributed by atoms with Gasteiger partial charge in [-0.3, -0.25) is 9.59 Å². The molecule has 0 saturated carbocycles. The molecule has 1 saturated heterocycles. The van der Waals surface area contributed by atoms with Crippen LogP contribution in [0.1, 0.15) is 48.2 Å². The molecule has 2 aliphatic heterocycles. The number of nitrogens with zero attached hydrogens (tertiary/aromatic N) is 3. The van der Waals surface area contributed by atoms with Gasteiger partial charge >= 0.3 is 0 Å². The highest BCUT2D eigenvalue weighted by Crippen LogP contribution is 2.28. The van der Waals surface area contributed by atoms with E-state index in [4.69, 9.17) is 9.47 Å². The van der Waals surface area contributed by atoms with Crippen LogP contribution in [0.25, 0.3) is 12.2 Å². The summed E-state index contributed by atoms with van der Waals surface area (Å²) in [6.45, 7) is 5.67. The number of aromatic nitrogens is 1. The van der Waals surface area contributed by atoms with E-state index in [1.807, 2.05) is 56.3 Å². The number of aliphatic hydroxyl groups excluding tert-OH is 1. The number of rotatable bonds is 7. The monoisotopic (exact) mass is 507 g/mol. The van der Waals surface area contributed by atoms with Crippen LogP contribution in [0.5, 0.6) is 5.88 Å². The number of hydrogen-bond donors (Lipinski definition) is 1. The summed E-state index contributed by atoms with van der Waals surface area (Å²) in [5.74, 6) is -0.0150. The lowest BCUT2D eigenvalue weighted by atomic mass is 9.97. The van der Waals surface area contributed by atoms with Crippen molar-refractivity contribution >= 4 is 24.0 Å². The van der Waals surface area contributed by atoms with Crippen LogP contribution in [0.4, 0.5) is 0 Å². The molecule has 1 N–H and O–H groups in total. The van der Waals surface area contributed by atoms with Gasteiger partial charge in [0, 0.05) is 44.8 Å². The Kier molecular flexibility index (Phi) is 8.95. The Morgan fingerprint density at radius 2 is 1.92 bits per heavy atom. The molecule has 0 radical (unpaired) electrons. The van der Waals surface area contributed by atoms with Gasteiger partial charge in [0.25, 0.3) is 5.91 Å². The van der Waals surface area contributed by atoms with Crippen molar-refractivity contribution < 1.29 is 24.2 Å². The zero-order valence-electron chi connectivity index (χ0n) is 21.9. The normalized spacial score (nSPS) is 21.6. The van der Waals surface area contributed by atoms with E-state index in [9.17, 15) is 14.7 Å². The Morgan fingerprint density at radius 1 is 1.22 bits per heavy atom. The minimum absolute atomic E-state index is 0.0422. The summed E-state index contributed by atoms with van der Waals surface area (Å²) >= 11 is 0. The van der Waals surface area contributed by atoms with Crippen molar-refractivity contribution in [1.29, 1.82) is 0 Å². The zero-order chi connectivity index (χ0) is 26.4. The average Bonchev–Trinajstić information content (AvgIpc) is 2.94. The van der Waals surface area contributed by atoms with Crippen molar-refractivity contribution in [3.8, 4) is 5.88 Å². The highest BCUT2D eigenvalue weighted by Gasteiger charge is 2.35. The number of likely N-dealkylation sites (N-methyl/N-ethyl adjacent to an activating group) is 1. The summed E-state index contributed by atoms with van der Waals surface area (Å²) in [6.07, 6.45) is 6.65. The average molecular weight is 508 g/mol. The summed E-state index contributed by atoms with van der Waals surface area (Å²) in [4.78, 5) is 34.6. The zero-order valence-corrected chi connectivity index (χ0v) is 21.9. The smallest absolute Gasteiger partial charge is 0.259 e. The molecule has 2 aliphatic rings. The first-order valence-corrected chi connectivity index (χ1v) is 13.0. The van der Waals surface area contributed by atoms with E-state index in [2.05, 4.69) is 4.98 Å². The third kappa shape index (κ3) is 6.56. The van der Waals surface area contributed by atoms with Gasteiger partial charge in [-0.05, 0) is 37.0 Å². The molecule has 2 aromatic rings. The van der Waals surface area contributed by atoms with Crippen LogP contribution >= 0.6 is 0 Å². The number of carbonyl (C=O) groups is 2. The molecule has 3 atom stereocenters. The molecule has 0 aliphatic carbocycles. The van der Waals surface area contributed by atoms with Crippen molar-refractivity contribution in [3.63, 3.8) is 0 Å². The Hall–Kier alpha value is -3.23. The Morgan fingerprint density at radius 3 is 2.62 bits per heavy atom. The van der Waals surface area contributed by atoms with Gasteiger partial charge in [0.2, 0.25) is 11.8 Å². The Balaban J connectivity index is 1.60. The summed E-state index contributed by atoms with van der Waals surface area (Å²) in [5, 5.41) is 9.88. The second-order valence-corrected chi connectivity index (χ2v) is 10.1. The fourth-order valence-electron chi connectivity index (χ4n) is 4.80. The van der Waals surface area contributed by atoms with Crippen LogP contribution in [0.2, 0.25) is 0 Å². The van der Waals surface area contributed by atoms with E-state index in [0.717, 1.165) is 24.0 Å². The van der Waals surface area contributed by atoms with E-state index in [0.29, 0.717) is 31.9 Å². The lowest BCUT2D eigenvalue weighted by Crippen LogP contribution is -2.51. The van der Waals surface area contributed by atoms with Crippen molar-refractivity contribution in [3.05, 3.63) is 59.3 Å². The van der Waals surface area contributed by atoms with Crippen molar-refractivity contribution in [1.82, 2.24) is 14.8 Å². The summed E-state index contributed by atoms with van der Waals surface area (Å²) < 4.78 is 11.8. The Bertz CT molecular complexity index is 1100. The fourth-order valence-corrected chi connectivity index (χ4v) is 4.80. The molecule has 2 amide bonds. The third-order valence-corrected chi connectivity index (χ3v) is 7.21. The molecule has 0 bridgehead atoms. The molecular weight excluding hydrogens is 470 g/mol. The van der Waals surface area contributed by atoms with E-state index >= 15 is 0 Å². The topological polar surface area (TPSA) is 92.2 Å². The molecule has 1 aromatic carbocycles. The second-order valence-electron chi connectivity index (χ2n) is 10.1. The second kappa shape index (κ2) is 12.3. The molecule has 198 valence electrons. The number of pyridine rings is 1. The summed E-state index contributed by atoms with van der Waals surface area (Å²) in [5.41, 5.74) is 2.16. The number of carbonyl (C=O) groups excluding carboxylic acids is 2. The summed E-state index contributed by atoms with van der Waals surface area (Å²) in [7, 11) is 1.80. The van der Waals surface area contributed by atoms with Gasteiger partial charge < -0.3 is 24.4 Å². The lowest BCUT2D eigenvalue weighted by molar-refractivity contribution is -0.138. The van der Waals surface area contributed by atoms with Crippen LogP contribution in [0, 0.1) is 11.8 Å². The molecule has 0 unspecified atom stereocenters. The first kappa shape index (κ1) is 26.8. The number of ether oxygens (including phenoxy) is 2. The van der Waals surface area contributed by atoms with Crippen LogP contribution in [-0.2, 0) is 9.53 Å². The van der Waals surface area contributed by atoms with E-state index in [-0.39, 0.29) is 48.3 Å². The van der Waals surface area contributed by atoms with Gasteiger partial charge in [0.05, 0.1) is 19.2 Å².